The Bertz CT molecular complexity index is 640. The molecule has 0 radical (unpaired) electrons. The van der Waals surface area contributed by atoms with Crippen LogP contribution in [-0.2, 0) is 0 Å². The second-order valence-corrected chi connectivity index (χ2v) is 4.19. The van der Waals surface area contributed by atoms with Gasteiger partial charge >= 0.3 is 0 Å². The highest BCUT2D eigenvalue weighted by Crippen LogP contribution is 2.31. The largest absolute Gasteiger partial charge is 0.457 e. The summed E-state index contributed by atoms with van der Waals surface area (Å²) in [6, 6.07) is 9.34. The van der Waals surface area contributed by atoms with Crippen LogP contribution in [0.15, 0.2) is 42.5 Å². The van der Waals surface area contributed by atoms with Crippen LogP contribution in [0.5, 0.6) is 11.5 Å². The molecule has 0 amide bonds. The highest BCUT2D eigenvalue weighted by molar-refractivity contribution is 6.30. The van der Waals surface area contributed by atoms with Crippen molar-refractivity contribution < 1.29 is 14.6 Å². The number of rotatable bonds is 4. The molecule has 20 heavy (non-hydrogen) atoms. The fourth-order valence-corrected chi connectivity index (χ4v) is 1.60. The second kappa shape index (κ2) is 5.54. The SMILES string of the molecule is O=[N+]([O-])c1cc(Oc2ccc(Cl)cc2)cc([N+](=O)[O-])c1. The monoisotopic (exact) mass is 294 g/mol. The van der Waals surface area contributed by atoms with Gasteiger partial charge in [-0.15, -0.1) is 0 Å². The highest BCUT2D eigenvalue weighted by atomic mass is 35.5. The molecule has 0 spiro atoms. The van der Waals surface area contributed by atoms with E-state index in [9.17, 15) is 20.2 Å². The minimum absolute atomic E-state index is 0.00761. The number of hydrogen-bond acceptors (Lipinski definition) is 5. The summed E-state index contributed by atoms with van der Waals surface area (Å²) in [5, 5.41) is 22.0. The molecule has 0 unspecified atom stereocenters. The third-order valence-electron chi connectivity index (χ3n) is 2.35. The van der Waals surface area contributed by atoms with Crippen molar-refractivity contribution in [2.45, 2.75) is 0 Å². The number of hydrogen-bond donors (Lipinski definition) is 0. The number of nitro groups is 2. The molecule has 102 valence electrons. The van der Waals surface area contributed by atoms with Crippen molar-refractivity contribution in [1.82, 2.24) is 0 Å². The van der Waals surface area contributed by atoms with Gasteiger partial charge in [0.05, 0.1) is 28.0 Å². The van der Waals surface area contributed by atoms with Crippen LogP contribution in [0.3, 0.4) is 0 Å². The predicted octanol–water partition coefficient (Wildman–Crippen LogP) is 3.95. The standard InChI is InChI=1S/C12H7ClN2O5/c13-8-1-3-11(4-2-8)20-12-6-9(14(16)17)5-10(7-12)15(18)19/h1-7H. The molecule has 0 saturated heterocycles. The van der Waals surface area contributed by atoms with Gasteiger partial charge in [-0.05, 0) is 24.3 Å². The van der Waals surface area contributed by atoms with Crippen LogP contribution < -0.4 is 4.74 Å². The summed E-state index contributed by atoms with van der Waals surface area (Å²) in [4.78, 5) is 20.0. The van der Waals surface area contributed by atoms with Gasteiger partial charge in [0.1, 0.15) is 11.5 Å². The quantitative estimate of drug-likeness (QED) is 0.628. The van der Waals surface area contributed by atoms with Crippen LogP contribution in [0.2, 0.25) is 5.02 Å². The summed E-state index contributed by atoms with van der Waals surface area (Å²) < 4.78 is 5.35. The average molecular weight is 295 g/mol. The predicted molar refractivity (Wildman–Crippen MR) is 71.3 cm³/mol. The summed E-state index contributed by atoms with van der Waals surface area (Å²) >= 11 is 5.71. The van der Waals surface area contributed by atoms with Gasteiger partial charge in [0.25, 0.3) is 11.4 Å². The lowest BCUT2D eigenvalue weighted by atomic mass is 10.2. The Kier molecular flexibility index (Phi) is 3.81. The van der Waals surface area contributed by atoms with E-state index >= 15 is 0 Å². The topological polar surface area (TPSA) is 95.5 Å². The molecule has 0 atom stereocenters. The van der Waals surface area contributed by atoms with Crippen LogP contribution >= 0.6 is 11.6 Å². The fraction of sp³-hybridized carbons (Fsp3) is 0. The molecule has 2 aromatic rings. The molecule has 0 fully saturated rings. The van der Waals surface area contributed by atoms with Crippen molar-refractivity contribution in [2.24, 2.45) is 0 Å². The number of ether oxygens (including phenoxy) is 1. The Morgan fingerprint density at radius 3 is 1.80 bits per heavy atom. The van der Waals surface area contributed by atoms with Gasteiger partial charge in [-0.1, -0.05) is 11.6 Å². The van der Waals surface area contributed by atoms with Crippen LogP contribution in [-0.4, -0.2) is 9.85 Å². The molecule has 0 aromatic heterocycles. The first kappa shape index (κ1) is 13.8. The van der Waals surface area contributed by atoms with Crippen molar-refractivity contribution >= 4 is 23.0 Å². The highest BCUT2D eigenvalue weighted by Gasteiger charge is 2.17. The zero-order valence-electron chi connectivity index (χ0n) is 9.86. The fourth-order valence-electron chi connectivity index (χ4n) is 1.48. The zero-order valence-corrected chi connectivity index (χ0v) is 10.6. The van der Waals surface area contributed by atoms with Gasteiger partial charge in [-0.25, -0.2) is 0 Å². The van der Waals surface area contributed by atoms with Gasteiger partial charge < -0.3 is 4.74 Å². The van der Waals surface area contributed by atoms with Gasteiger partial charge in [-0.2, -0.15) is 0 Å². The maximum atomic E-state index is 10.7. The Balaban J connectivity index is 2.37. The minimum Gasteiger partial charge on any atom is -0.457 e. The summed E-state index contributed by atoms with van der Waals surface area (Å²) in [6.07, 6.45) is 0. The summed E-state index contributed by atoms with van der Waals surface area (Å²) in [5.74, 6) is 0.373. The first-order chi connectivity index (χ1) is 9.45. The van der Waals surface area contributed by atoms with Crippen molar-refractivity contribution in [3.63, 3.8) is 0 Å². The van der Waals surface area contributed by atoms with Gasteiger partial charge in [0.15, 0.2) is 0 Å². The molecule has 0 aliphatic carbocycles. The van der Waals surface area contributed by atoms with Crippen LogP contribution in [0.1, 0.15) is 0 Å². The van der Waals surface area contributed by atoms with E-state index < -0.39 is 21.2 Å². The van der Waals surface area contributed by atoms with Crippen molar-refractivity contribution in [2.75, 3.05) is 0 Å². The molecule has 7 nitrogen and oxygen atoms in total. The van der Waals surface area contributed by atoms with E-state index in [1.54, 1.807) is 24.3 Å². The molecule has 2 rings (SSSR count). The molecule has 0 heterocycles. The minimum atomic E-state index is -0.721. The smallest absolute Gasteiger partial charge is 0.280 e. The Morgan fingerprint density at radius 2 is 1.35 bits per heavy atom. The molecular weight excluding hydrogens is 288 g/mol. The lowest BCUT2D eigenvalue weighted by Gasteiger charge is -2.05. The third kappa shape index (κ3) is 3.21. The molecule has 0 aliphatic rings. The van der Waals surface area contributed by atoms with E-state index in [0.29, 0.717) is 10.8 Å². The van der Waals surface area contributed by atoms with Crippen LogP contribution in [0.25, 0.3) is 0 Å². The maximum absolute atomic E-state index is 10.7. The van der Waals surface area contributed by atoms with Gasteiger partial charge in [-0.3, -0.25) is 20.2 Å². The molecule has 0 N–H and O–H groups in total. The maximum Gasteiger partial charge on any atom is 0.280 e. The Labute approximate surface area is 117 Å². The average Bonchev–Trinajstić information content (AvgIpc) is 2.41. The lowest BCUT2D eigenvalue weighted by molar-refractivity contribution is -0.394. The Hall–Kier alpha value is -2.67. The second-order valence-electron chi connectivity index (χ2n) is 3.76. The number of nitrogens with zero attached hydrogens (tertiary/aromatic N) is 2. The summed E-state index contributed by atoms with van der Waals surface area (Å²) in [6.45, 7) is 0. The first-order valence-corrected chi connectivity index (χ1v) is 5.71. The van der Waals surface area contributed by atoms with Crippen LogP contribution in [0, 0.1) is 20.2 Å². The number of halogens is 1. The van der Waals surface area contributed by atoms with Crippen molar-refractivity contribution in [3.05, 3.63) is 67.7 Å². The Morgan fingerprint density at radius 1 is 0.850 bits per heavy atom. The van der Waals surface area contributed by atoms with E-state index in [2.05, 4.69) is 0 Å². The zero-order chi connectivity index (χ0) is 14.7. The van der Waals surface area contributed by atoms with E-state index in [0.717, 1.165) is 18.2 Å². The summed E-state index contributed by atoms with van der Waals surface area (Å²) in [7, 11) is 0. The normalized spacial score (nSPS) is 10.1. The molecule has 0 aliphatic heterocycles. The molecule has 0 saturated carbocycles. The lowest BCUT2D eigenvalue weighted by Crippen LogP contribution is -1.94. The van der Waals surface area contributed by atoms with E-state index in [1.165, 1.54) is 0 Å². The number of non-ortho nitro benzene ring substituents is 2. The first-order valence-electron chi connectivity index (χ1n) is 5.33. The van der Waals surface area contributed by atoms with Crippen LogP contribution in [0.4, 0.5) is 11.4 Å². The van der Waals surface area contributed by atoms with E-state index in [4.69, 9.17) is 16.3 Å². The van der Waals surface area contributed by atoms with E-state index in [-0.39, 0.29) is 5.75 Å². The summed E-state index contributed by atoms with van der Waals surface area (Å²) in [5.41, 5.74) is -0.827. The van der Waals surface area contributed by atoms with E-state index in [1.807, 2.05) is 0 Å². The number of nitro benzene ring substituents is 2. The van der Waals surface area contributed by atoms with Crippen molar-refractivity contribution in [3.8, 4) is 11.5 Å². The molecule has 0 bridgehead atoms. The van der Waals surface area contributed by atoms with Gasteiger partial charge in [0.2, 0.25) is 0 Å². The molecule has 2 aromatic carbocycles. The van der Waals surface area contributed by atoms with Crippen molar-refractivity contribution in [1.29, 1.82) is 0 Å². The molecular formula is C12H7ClN2O5. The molecule has 8 heteroatoms. The van der Waals surface area contributed by atoms with Gasteiger partial charge in [0, 0.05) is 5.02 Å². The third-order valence-corrected chi connectivity index (χ3v) is 2.60. The number of benzene rings is 2.